The van der Waals surface area contributed by atoms with Gasteiger partial charge in [-0.05, 0) is 55.7 Å². The molecule has 8 nitrogen and oxygen atoms in total. The molecule has 0 aliphatic carbocycles. The Morgan fingerprint density at radius 3 is 2.26 bits per heavy atom. The molecule has 2 aromatic carbocycles. The van der Waals surface area contributed by atoms with Crippen molar-refractivity contribution in [3.05, 3.63) is 53.1 Å². The number of rotatable bonds is 10. The van der Waals surface area contributed by atoms with Gasteiger partial charge >= 0.3 is 0 Å². The zero-order chi connectivity index (χ0) is 24.8. The Morgan fingerprint density at radius 1 is 1.03 bits per heavy atom. The zero-order valence-electron chi connectivity index (χ0n) is 20.7. The number of ether oxygens (including phenoxy) is 4. The molecule has 184 valence electrons. The lowest BCUT2D eigenvalue weighted by atomic mass is 9.79. The highest BCUT2D eigenvalue weighted by Crippen LogP contribution is 2.45. The number of benzene rings is 2. The van der Waals surface area contributed by atoms with Crippen LogP contribution in [0.25, 0.3) is 0 Å². The number of fused-ring (bicyclic) bond motifs is 1. The molecule has 0 radical (unpaired) electrons. The van der Waals surface area contributed by atoms with Gasteiger partial charge in [0.1, 0.15) is 5.75 Å². The monoisotopic (exact) mass is 470 g/mol. The topological polar surface area (TPSA) is 86.3 Å². The van der Waals surface area contributed by atoms with Crippen LogP contribution in [0.4, 0.5) is 0 Å². The van der Waals surface area contributed by atoms with Crippen LogP contribution < -0.4 is 19.5 Å². The largest absolute Gasteiger partial charge is 0.497 e. The summed E-state index contributed by atoms with van der Waals surface area (Å²) in [6, 6.07) is 10.3. The number of amides is 2. The van der Waals surface area contributed by atoms with Crippen LogP contribution in [-0.4, -0.2) is 64.3 Å². The van der Waals surface area contributed by atoms with Crippen molar-refractivity contribution >= 4 is 11.8 Å². The Morgan fingerprint density at radius 2 is 1.68 bits per heavy atom. The first-order valence-electron chi connectivity index (χ1n) is 11.4. The highest BCUT2D eigenvalue weighted by atomic mass is 16.5. The second-order valence-corrected chi connectivity index (χ2v) is 8.47. The van der Waals surface area contributed by atoms with Crippen LogP contribution >= 0.6 is 0 Å². The van der Waals surface area contributed by atoms with Crippen LogP contribution in [0.2, 0.25) is 0 Å². The van der Waals surface area contributed by atoms with Crippen LogP contribution in [0.5, 0.6) is 17.2 Å². The molecule has 1 aliphatic rings. The summed E-state index contributed by atoms with van der Waals surface area (Å²) in [4.78, 5) is 28.6. The van der Waals surface area contributed by atoms with E-state index in [2.05, 4.69) is 5.32 Å². The van der Waals surface area contributed by atoms with Crippen molar-refractivity contribution in [1.82, 2.24) is 10.2 Å². The lowest BCUT2D eigenvalue weighted by molar-refractivity contribution is -0.124. The Hall–Kier alpha value is -3.26. The van der Waals surface area contributed by atoms with E-state index in [4.69, 9.17) is 18.9 Å². The fraction of sp³-hybridized carbons (Fsp3) is 0.462. The first-order chi connectivity index (χ1) is 16.3. The molecule has 0 bridgehead atoms. The summed E-state index contributed by atoms with van der Waals surface area (Å²) in [5, 5.41) is 3.04. The van der Waals surface area contributed by atoms with E-state index in [0.29, 0.717) is 47.9 Å². The lowest BCUT2D eigenvalue weighted by Gasteiger charge is -2.40. The molecule has 2 atom stereocenters. The minimum Gasteiger partial charge on any atom is -0.497 e. The second-order valence-electron chi connectivity index (χ2n) is 8.47. The number of nitrogens with zero attached hydrogens (tertiary/aromatic N) is 1. The molecule has 2 aromatic rings. The predicted molar refractivity (Wildman–Crippen MR) is 129 cm³/mol. The van der Waals surface area contributed by atoms with Crippen LogP contribution in [0.3, 0.4) is 0 Å². The molecular weight excluding hydrogens is 436 g/mol. The number of likely N-dealkylation sites (N-methyl/N-ethyl adjacent to an activating group) is 1. The molecule has 1 heterocycles. The molecule has 2 amide bonds. The summed E-state index contributed by atoms with van der Waals surface area (Å²) in [5.41, 5.74) is 1.87. The highest BCUT2D eigenvalue weighted by Gasteiger charge is 2.43. The van der Waals surface area contributed by atoms with Crippen molar-refractivity contribution in [2.45, 2.75) is 38.3 Å². The molecule has 0 saturated carbocycles. The van der Waals surface area contributed by atoms with E-state index in [-0.39, 0.29) is 17.9 Å². The fourth-order valence-corrected chi connectivity index (χ4v) is 4.26. The summed E-state index contributed by atoms with van der Waals surface area (Å²) < 4.78 is 21.7. The lowest BCUT2D eigenvalue weighted by Crippen LogP contribution is -2.46. The Bertz CT molecular complexity index is 1010. The minimum absolute atomic E-state index is 0.141. The number of nitrogens with one attached hydrogen (secondary N) is 1. The zero-order valence-corrected chi connectivity index (χ0v) is 20.7. The first kappa shape index (κ1) is 25.4. The smallest absolute Gasteiger partial charge is 0.254 e. The van der Waals surface area contributed by atoms with E-state index < -0.39 is 12.0 Å². The Balaban J connectivity index is 2.01. The highest BCUT2D eigenvalue weighted by molar-refractivity contribution is 6.02. The maximum absolute atomic E-state index is 13.6. The van der Waals surface area contributed by atoms with E-state index in [0.717, 1.165) is 5.56 Å². The van der Waals surface area contributed by atoms with Gasteiger partial charge in [0.2, 0.25) is 5.91 Å². The Labute approximate surface area is 201 Å². The number of carbonyl (C=O) groups excluding carboxylic acids is 2. The van der Waals surface area contributed by atoms with Gasteiger partial charge in [0.05, 0.1) is 39.4 Å². The van der Waals surface area contributed by atoms with E-state index >= 15 is 0 Å². The molecule has 3 rings (SSSR count). The standard InChI is InChI=1S/C26H34N2O6/c1-16(2)34-13-7-12-27-25(29)23-19-14-21(32-5)22(33-6)15-20(19)26(30)28(3)24(23)17-8-10-18(31-4)11-9-17/h8-11,14-16,23-24H,7,12-13H2,1-6H3,(H,27,29)/t23-,24-/m0/s1. The molecule has 0 unspecified atom stereocenters. The summed E-state index contributed by atoms with van der Waals surface area (Å²) in [6.45, 7) is 4.99. The van der Waals surface area contributed by atoms with Gasteiger partial charge in [0, 0.05) is 25.8 Å². The van der Waals surface area contributed by atoms with Gasteiger partial charge in [-0.25, -0.2) is 0 Å². The number of hydrogen-bond acceptors (Lipinski definition) is 6. The van der Waals surface area contributed by atoms with Crippen LogP contribution in [0.15, 0.2) is 36.4 Å². The van der Waals surface area contributed by atoms with Crippen molar-refractivity contribution in [3.8, 4) is 17.2 Å². The van der Waals surface area contributed by atoms with E-state index in [1.54, 1.807) is 31.2 Å². The molecule has 0 aromatic heterocycles. The molecule has 1 aliphatic heterocycles. The van der Waals surface area contributed by atoms with Gasteiger partial charge in [-0.2, -0.15) is 0 Å². The quantitative estimate of drug-likeness (QED) is 0.535. The second kappa shape index (κ2) is 11.2. The van der Waals surface area contributed by atoms with E-state index in [9.17, 15) is 9.59 Å². The van der Waals surface area contributed by atoms with Gasteiger partial charge in [-0.1, -0.05) is 12.1 Å². The van der Waals surface area contributed by atoms with Gasteiger partial charge < -0.3 is 29.2 Å². The molecule has 8 heteroatoms. The van der Waals surface area contributed by atoms with Gasteiger partial charge in [0.15, 0.2) is 11.5 Å². The first-order valence-corrected chi connectivity index (χ1v) is 11.4. The van der Waals surface area contributed by atoms with E-state index in [1.807, 2.05) is 38.1 Å². The maximum Gasteiger partial charge on any atom is 0.254 e. The molecule has 0 fully saturated rings. The fourth-order valence-electron chi connectivity index (χ4n) is 4.26. The summed E-state index contributed by atoms with van der Waals surface area (Å²) in [6.07, 6.45) is 0.833. The maximum atomic E-state index is 13.6. The van der Waals surface area contributed by atoms with Crippen molar-refractivity contribution in [3.63, 3.8) is 0 Å². The number of methoxy groups -OCH3 is 3. The minimum atomic E-state index is -0.642. The van der Waals surface area contributed by atoms with Crippen LogP contribution in [0, 0.1) is 0 Å². The summed E-state index contributed by atoms with van der Waals surface area (Å²) in [5.74, 6) is 0.610. The summed E-state index contributed by atoms with van der Waals surface area (Å²) >= 11 is 0. The normalized spacial score (nSPS) is 17.4. The predicted octanol–water partition coefficient (Wildman–Crippen LogP) is 3.55. The van der Waals surface area contributed by atoms with Gasteiger partial charge in [-0.3, -0.25) is 9.59 Å². The van der Waals surface area contributed by atoms with Crippen molar-refractivity contribution in [2.24, 2.45) is 0 Å². The van der Waals surface area contributed by atoms with Gasteiger partial charge in [-0.15, -0.1) is 0 Å². The van der Waals surface area contributed by atoms with Crippen LogP contribution in [0.1, 0.15) is 53.7 Å². The Kier molecular flexibility index (Phi) is 8.39. The van der Waals surface area contributed by atoms with Gasteiger partial charge in [0.25, 0.3) is 5.91 Å². The third kappa shape index (κ3) is 5.28. The van der Waals surface area contributed by atoms with Crippen molar-refractivity contribution < 1.29 is 28.5 Å². The van der Waals surface area contributed by atoms with E-state index in [1.165, 1.54) is 14.2 Å². The number of carbonyl (C=O) groups is 2. The van der Waals surface area contributed by atoms with Crippen molar-refractivity contribution in [2.75, 3.05) is 41.5 Å². The SMILES string of the molecule is COc1ccc([C@H]2[C@@H](C(=O)NCCCOC(C)C)c3cc(OC)c(OC)cc3C(=O)N2C)cc1. The number of hydrogen-bond donors (Lipinski definition) is 1. The third-order valence-corrected chi connectivity index (χ3v) is 5.99. The van der Waals surface area contributed by atoms with Crippen LogP contribution in [-0.2, 0) is 9.53 Å². The summed E-state index contributed by atoms with van der Waals surface area (Å²) in [7, 11) is 6.37. The molecule has 34 heavy (non-hydrogen) atoms. The average Bonchev–Trinajstić information content (AvgIpc) is 2.84. The van der Waals surface area contributed by atoms with Crippen molar-refractivity contribution in [1.29, 1.82) is 0 Å². The molecule has 1 N–H and O–H groups in total. The molecule has 0 spiro atoms. The average molecular weight is 471 g/mol. The molecular formula is C26H34N2O6. The third-order valence-electron chi connectivity index (χ3n) is 5.99. The molecule has 0 saturated heterocycles.